The topological polar surface area (TPSA) is 57.5 Å². The van der Waals surface area contributed by atoms with E-state index < -0.39 is 17.0 Å². The van der Waals surface area contributed by atoms with Gasteiger partial charge in [-0.15, -0.1) is 0 Å². The van der Waals surface area contributed by atoms with Gasteiger partial charge in [-0.25, -0.2) is 0 Å². The van der Waals surface area contributed by atoms with Gasteiger partial charge in [-0.1, -0.05) is 67.4 Å². The molecule has 2 unspecified atom stereocenters. The Labute approximate surface area is 112 Å². The Morgan fingerprint density at radius 3 is 2.12 bits per heavy atom. The highest BCUT2D eigenvalue weighted by Gasteiger charge is 2.43. The van der Waals surface area contributed by atoms with E-state index in [-0.39, 0.29) is 6.16 Å². The minimum atomic E-state index is -3.79. The second kappa shape index (κ2) is 7.45. The molecule has 0 bridgehead atoms. The number of halogens is 3. The fourth-order valence-electron chi connectivity index (χ4n) is 1.29. The number of hydrogen-bond acceptors (Lipinski definition) is 2. The van der Waals surface area contributed by atoms with Crippen LogP contribution >= 0.6 is 42.2 Å². The molecule has 0 rings (SSSR count). The Morgan fingerprint density at radius 2 is 1.69 bits per heavy atom. The van der Waals surface area contributed by atoms with Crippen LogP contribution < -0.4 is 0 Å². The lowest BCUT2D eigenvalue weighted by Gasteiger charge is -2.23. The van der Waals surface area contributed by atoms with Gasteiger partial charge in [0, 0.05) is 6.16 Å². The number of aliphatic hydroxyl groups excluding tert-OH is 1. The maximum Gasteiger partial charge on any atom is 0.232 e. The fourth-order valence-corrected chi connectivity index (χ4v) is 4.04. The van der Waals surface area contributed by atoms with Crippen molar-refractivity contribution in [2.24, 2.45) is 0 Å². The van der Waals surface area contributed by atoms with Crippen molar-refractivity contribution >= 4 is 42.2 Å². The Morgan fingerprint density at radius 1 is 1.19 bits per heavy atom. The van der Waals surface area contributed by atoms with E-state index >= 15 is 0 Å². The molecule has 0 spiro atoms. The summed E-state index contributed by atoms with van der Waals surface area (Å²) in [7, 11) is -3.79. The predicted octanol–water partition coefficient (Wildman–Crippen LogP) is 3.92. The van der Waals surface area contributed by atoms with E-state index in [1.54, 1.807) is 0 Å². The summed E-state index contributed by atoms with van der Waals surface area (Å²) >= 11 is 16.1. The van der Waals surface area contributed by atoms with Crippen LogP contribution in [0, 0.1) is 0 Å². The highest BCUT2D eigenvalue weighted by Crippen LogP contribution is 2.54. The standard InChI is InChI=1S/C9H18Cl3O3P/c1-2-3-4-5-6-7-16(14,15)8(13)9(10,11)12/h8,13H,2-7H2,1H3,(H,14,15). The highest BCUT2D eigenvalue weighted by molar-refractivity contribution is 7.59. The number of rotatable bonds is 7. The van der Waals surface area contributed by atoms with E-state index in [1.807, 2.05) is 0 Å². The van der Waals surface area contributed by atoms with Gasteiger partial charge < -0.3 is 10.00 Å². The lowest BCUT2D eigenvalue weighted by molar-refractivity contribution is 0.233. The third-order valence-corrected chi connectivity index (χ3v) is 5.44. The first-order chi connectivity index (χ1) is 7.22. The summed E-state index contributed by atoms with van der Waals surface area (Å²) in [6, 6.07) is 0. The van der Waals surface area contributed by atoms with Crippen LogP contribution in [-0.2, 0) is 4.57 Å². The average molecular weight is 312 g/mol. The van der Waals surface area contributed by atoms with Crippen LogP contribution in [0.3, 0.4) is 0 Å². The van der Waals surface area contributed by atoms with Crippen molar-refractivity contribution in [2.45, 2.75) is 48.7 Å². The van der Waals surface area contributed by atoms with Crippen LogP contribution in [-0.4, -0.2) is 25.8 Å². The molecule has 0 aliphatic carbocycles. The van der Waals surface area contributed by atoms with Gasteiger partial charge in [-0.2, -0.15) is 0 Å². The van der Waals surface area contributed by atoms with Crippen LogP contribution in [0.4, 0.5) is 0 Å². The molecule has 7 heteroatoms. The summed E-state index contributed by atoms with van der Waals surface area (Å²) in [6.07, 6.45) is 4.62. The molecule has 3 nitrogen and oxygen atoms in total. The molecule has 0 saturated carbocycles. The van der Waals surface area contributed by atoms with Gasteiger partial charge in [0.1, 0.15) is 0 Å². The van der Waals surface area contributed by atoms with Crippen LogP contribution in [0.15, 0.2) is 0 Å². The summed E-state index contributed by atoms with van der Waals surface area (Å²) in [5, 5.41) is 9.41. The van der Waals surface area contributed by atoms with E-state index in [4.69, 9.17) is 34.8 Å². The van der Waals surface area contributed by atoms with E-state index in [2.05, 4.69) is 6.92 Å². The number of aliphatic hydroxyl groups is 1. The van der Waals surface area contributed by atoms with Crippen LogP contribution in [0.1, 0.15) is 39.0 Å². The number of unbranched alkanes of at least 4 members (excludes halogenated alkanes) is 4. The third-order valence-electron chi connectivity index (χ3n) is 2.26. The summed E-state index contributed by atoms with van der Waals surface area (Å²) < 4.78 is 9.54. The summed E-state index contributed by atoms with van der Waals surface area (Å²) in [6.45, 7) is 2.09. The maximum atomic E-state index is 11.6. The van der Waals surface area contributed by atoms with Crippen molar-refractivity contribution in [2.75, 3.05) is 6.16 Å². The quantitative estimate of drug-likeness (QED) is 0.426. The van der Waals surface area contributed by atoms with Crippen LogP contribution in [0.2, 0.25) is 0 Å². The van der Waals surface area contributed by atoms with Gasteiger partial charge in [0.2, 0.25) is 11.2 Å². The predicted molar refractivity (Wildman–Crippen MR) is 69.7 cm³/mol. The first-order valence-electron chi connectivity index (χ1n) is 5.28. The summed E-state index contributed by atoms with van der Waals surface area (Å²) in [4.78, 5) is 9.53. The molecule has 0 aliphatic heterocycles. The van der Waals surface area contributed by atoms with Crippen molar-refractivity contribution in [1.82, 2.24) is 0 Å². The molecule has 0 radical (unpaired) electrons. The minimum Gasteiger partial charge on any atom is -0.379 e. The minimum absolute atomic E-state index is 0.00814. The molecule has 0 saturated heterocycles. The van der Waals surface area contributed by atoms with Gasteiger partial charge in [0.25, 0.3) is 0 Å². The largest absolute Gasteiger partial charge is 0.379 e. The summed E-state index contributed by atoms with van der Waals surface area (Å²) in [5.74, 6) is -1.81. The Kier molecular flexibility index (Phi) is 7.93. The second-order valence-corrected chi connectivity index (χ2v) is 8.63. The normalized spacial score (nSPS) is 18.1. The zero-order valence-corrected chi connectivity index (χ0v) is 12.4. The molecule has 0 amide bonds. The molecular weight excluding hydrogens is 293 g/mol. The second-order valence-electron chi connectivity index (χ2n) is 3.81. The molecule has 2 N–H and O–H groups in total. The van der Waals surface area contributed by atoms with E-state index in [0.717, 1.165) is 25.7 Å². The van der Waals surface area contributed by atoms with Gasteiger partial charge in [0.15, 0.2) is 5.85 Å². The molecule has 2 atom stereocenters. The molecule has 0 fully saturated rings. The zero-order valence-electron chi connectivity index (χ0n) is 9.20. The summed E-state index contributed by atoms with van der Waals surface area (Å²) in [5.41, 5.74) is 0. The molecule has 0 aromatic carbocycles. The van der Waals surface area contributed by atoms with Crippen LogP contribution in [0.5, 0.6) is 0 Å². The molecule has 0 aromatic heterocycles. The van der Waals surface area contributed by atoms with Crippen molar-refractivity contribution in [3.63, 3.8) is 0 Å². The fraction of sp³-hybridized carbons (Fsp3) is 1.00. The Bertz CT molecular complexity index is 243. The maximum absolute atomic E-state index is 11.6. The van der Waals surface area contributed by atoms with E-state index in [0.29, 0.717) is 6.42 Å². The highest BCUT2D eigenvalue weighted by atomic mass is 35.6. The Balaban J connectivity index is 4.01. The zero-order chi connectivity index (χ0) is 12.8. The molecule has 16 heavy (non-hydrogen) atoms. The number of hydrogen-bond donors (Lipinski definition) is 2. The molecule has 0 aliphatic rings. The van der Waals surface area contributed by atoms with Crippen molar-refractivity contribution in [3.8, 4) is 0 Å². The monoisotopic (exact) mass is 310 g/mol. The smallest absolute Gasteiger partial charge is 0.232 e. The lowest BCUT2D eigenvalue weighted by Crippen LogP contribution is -2.26. The lowest BCUT2D eigenvalue weighted by atomic mass is 10.2. The van der Waals surface area contributed by atoms with Crippen molar-refractivity contribution in [1.29, 1.82) is 0 Å². The van der Waals surface area contributed by atoms with Crippen LogP contribution in [0.25, 0.3) is 0 Å². The first kappa shape index (κ1) is 17.0. The van der Waals surface area contributed by atoms with Crippen molar-refractivity contribution < 1.29 is 14.6 Å². The van der Waals surface area contributed by atoms with Crippen molar-refractivity contribution in [3.05, 3.63) is 0 Å². The van der Waals surface area contributed by atoms with E-state index in [1.165, 1.54) is 0 Å². The van der Waals surface area contributed by atoms with Gasteiger partial charge in [-0.3, -0.25) is 4.57 Å². The third kappa shape index (κ3) is 6.68. The molecule has 0 heterocycles. The number of alkyl halides is 3. The van der Waals surface area contributed by atoms with E-state index in [9.17, 15) is 14.6 Å². The SMILES string of the molecule is CCCCCCCP(=O)(O)C(O)C(Cl)(Cl)Cl. The van der Waals surface area contributed by atoms with Gasteiger partial charge >= 0.3 is 0 Å². The first-order valence-corrected chi connectivity index (χ1v) is 8.33. The molecule has 0 aromatic rings. The average Bonchev–Trinajstić information content (AvgIpc) is 2.15. The van der Waals surface area contributed by atoms with Gasteiger partial charge in [-0.05, 0) is 6.42 Å². The molecule has 98 valence electrons. The molecular formula is C9H18Cl3O3P. The Hall–Kier alpha value is 1.02. The van der Waals surface area contributed by atoms with Gasteiger partial charge in [0.05, 0.1) is 0 Å².